The van der Waals surface area contributed by atoms with Gasteiger partial charge in [0.25, 0.3) is 0 Å². The van der Waals surface area contributed by atoms with Crippen LogP contribution in [0.5, 0.6) is 0 Å². The van der Waals surface area contributed by atoms with Crippen molar-refractivity contribution in [2.45, 2.75) is 19.1 Å². The third kappa shape index (κ3) is 4.83. The molecule has 0 unspecified atom stereocenters. The van der Waals surface area contributed by atoms with Crippen molar-refractivity contribution in [3.63, 3.8) is 0 Å². The average molecular weight is 197 g/mol. The van der Waals surface area contributed by atoms with E-state index in [1.165, 1.54) is 5.28 Å². The SMILES string of the molecule is CC(C)[CH2][Al+][c]1ccccc1.[Cl-]. The molecule has 0 bridgehead atoms. The molecule has 2 heteroatoms. The summed E-state index contributed by atoms with van der Waals surface area (Å²) in [5, 5.41) is 1.38. The van der Waals surface area contributed by atoms with Gasteiger partial charge in [-0.15, -0.1) is 0 Å². The van der Waals surface area contributed by atoms with Gasteiger partial charge in [0.05, 0.1) is 0 Å². The van der Waals surface area contributed by atoms with E-state index >= 15 is 0 Å². The van der Waals surface area contributed by atoms with Gasteiger partial charge in [-0.3, -0.25) is 0 Å². The molecule has 64 valence electrons. The van der Waals surface area contributed by atoms with Crippen molar-refractivity contribution >= 4 is 19.6 Å². The Balaban J connectivity index is 0.00000121. The Kier molecular flexibility index (Phi) is 6.57. The summed E-state index contributed by atoms with van der Waals surface area (Å²) in [4.78, 5) is 0. The van der Waals surface area contributed by atoms with Crippen molar-refractivity contribution in [3.05, 3.63) is 30.3 Å². The number of hydrogen-bond acceptors (Lipinski definition) is 0. The van der Waals surface area contributed by atoms with Gasteiger partial charge in [0, 0.05) is 0 Å². The first-order valence-electron chi connectivity index (χ1n) is 4.17. The minimum absolute atomic E-state index is 0. The van der Waals surface area contributed by atoms with Crippen molar-refractivity contribution in [2.24, 2.45) is 5.92 Å². The predicted octanol–water partition coefficient (Wildman–Crippen LogP) is -0.906. The van der Waals surface area contributed by atoms with Crippen molar-refractivity contribution in [2.75, 3.05) is 0 Å². The van der Waals surface area contributed by atoms with E-state index in [4.69, 9.17) is 0 Å². The minimum atomic E-state index is 0. The van der Waals surface area contributed by atoms with Crippen LogP contribution in [0.3, 0.4) is 0 Å². The standard InChI is InChI=1S/C6H5.C4H9.Al.ClH/c1-2-4-6-5-3-1;1-4(2)3;;/h1-5H;4H,1H2,2-3H3;;1H/q;;+1;/p-1. The van der Waals surface area contributed by atoms with E-state index in [0.717, 1.165) is 5.92 Å². The summed E-state index contributed by atoms with van der Waals surface area (Å²) in [5.41, 5.74) is 0. The molecular formula is C10H14AlCl. The quantitative estimate of drug-likeness (QED) is 0.550. The topological polar surface area (TPSA) is 0 Å². The molecule has 0 spiro atoms. The smallest absolute Gasteiger partial charge is 1.00 e. The van der Waals surface area contributed by atoms with Crippen LogP contribution in [-0.2, 0) is 0 Å². The van der Waals surface area contributed by atoms with Gasteiger partial charge in [0.2, 0.25) is 0 Å². The van der Waals surface area contributed by atoms with Crippen LogP contribution in [0.2, 0.25) is 5.28 Å². The zero-order chi connectivity index (χ0) is 8.10. The monoisotopic (exact) mass is 196 g/mol. The molecule has 0 aliphatic rings. The van der Waals surface area contributed by atoms with Crippen LogP contribution in [0.15, 0.2) is 30.3 Å². The van der Waals surface area contributed by atoms with E-state index < -0.39 is 0 Å². The first-order valence-corrected chi connectivity index (χ1v) is 5.56. The molecule has 0 N–H and O–H groups in total. The molecule has 0 aliphatic heterocycles. The zero-order valence-corrected chi connectivity index (χ0v) is 9.54. The normalized spacial score (nSPS) is 8.92. The van der Waals surface area contributed by atoms with Gasteiger partial charge in [-0.25, -0.2) is 0 Å². The molecule has 0 aliphatic carbocycles. The Morgan fingerprint density at radius 3 is 2.25 bits per heavy atom. The molecule has 0 saturated carbocycles. The van der Waals surface area contributed by atoms with Crippen molar-refractivity contribution in [1.82, 2.24) is 0 Å². The van der Waals surface area contributed by atoms with Crippen molar-refractivity contribution in [1.29, 1.82) is 0 Å². The Hall–Kier alpha value is 0.0425. The molecule has 0 radical (unpaired) electrons. The van der Waals surface area contributed by atoms with Gasteiger partial charge in [-0.05, 0) is 0 Å². The molecule has 0 amide bonds. The fourth-order valence-corrected chi connectivity index (χ4v) is 2.20. The van der Waals surface area contributed by atoms with E-state index in [0.29, 0.717) is 15.2 Å². The van der Waals surface area contributed by atoms with E-state index in [2.05, 4.69) is 44.2 Å². The first kappa shape index (κ1) is 12.0. The van der Waals surface area contributed by atoms with Gasteiger partial charge in [-0.2, -0.15) is 0 Å². The molecule has 0 heterocycles. The predicted molar refractivity (Wildman–Crippen MR) is 51.5 cm³/mol. The second kappa shape index (κ2) is 6.55. The molecule has 0 saturated heterocycles. The number of halogens is 1. The number of rotatable bonds is 3. The van der Waals surface area contributed by atoms with Crippen molar-refractivity contribution < 1.29 is 12.4 Å². The minimum Gasteiger partial charge on any atom is -1.00 e. The van der Waals surface area contributed by atoms with Crippen LogP contribution in [0, 0.1) is 5.92 Å². The number of hydrogen-bond donors (Lipinski definition) is 0. The van der Waals surface area contributed by atoms with Gasteiger partial charge in [0.1, 0.15) is 0 Å². The molecular weight excluding hydrogens is 183 g/mol. The molecule has 0 aromatic heterocycles. The first-order chi connectivity index (χ1) is 5.29. The maximum Gasteiger partial charge on any atom is -1.00 e. The third-order valence-electron chi connectivity index (χ3n) is 1.62. The zero-order valence-electron chi connectivity index (χ0n) is 7.63. The van der Waals surface area contributed by atoms with Crippen molar-refractivity contribution in [3.8, 4) is 0 Å². The van der Waals surface area contributed by atoms with Gasteiger partial charge in [-0.1, -0.05) is 0 Å². The van der Waals surface area contributed by atoms with Crippen LogP contribution >= 0.6 is 0 Å². The Bertz CT molecular complexity index is 196. The second-order valence-electron chi connectivity index (χ2n) is 3.24. The largest absolute Gasteiger partial charge is 1.00 e. The third-order valence-corrected chi connectivity index (χ3v) is 3.66. The van der Waals surface area contributed by atoms with E-state index in [1.807, 2.05) is 0 Å². The summed E-state index contributed by atoms with van der Waals surface area (Å²) < 4.78 is 1.54. The summed E-state index contributed by atoms with van der Waals surface area (Å²) in [5.74, 6) is 0.852. The Labute approximate surface area is 87.5 Å². The molecule has 12 heavy (non-hydrogen) atoms. The van der Waals surface area contributed by atoms with Gasteiger partial charge >= 0.3 is 75.0 Å². The van der Waals surface area contributed by atoms with Crippen LogP contribution in [-0.4, -0.2) is 15.2 Å². The summed E-state index contributed by atoms with van der Waals surface area (Å²) >= 11 is 0.513. The van der Waals surface area contributed by atoms with E-state index in [-0.39, 0.29) is 12.4 Å². The maximum atomic E-state index is 2.29. The molecule has 1 aromatic rings. The molecule has 1 aromatic carbocycles. The summed E-state index contributed by atoms with van der Waals surface area (Å²) in [6.45, 7) is 4.58. The van der Waals surface area contributed by atoms with Gasteiger partial charge in [0.15, 0.2) is 0 Å². The maximum absolute atomic E-state index is 2.29. The Morgan fingerprint density at radius 1 is 1.17 bits per heavy atom. The van der Waals surface area contributed by atoms with Crippen LogP contribution in [0.25, 0.3) is 0 Å². The fourth-order valence-electron chi connectivity index (χ4n) is 0.961. The number of benzene rings is 1. The van der Waals surface area contributed by atoms with Crippen LogP contribution < -0.4 is 16.8 Å². The molecule has 1 rings (SSSR count). The summed E-state index contributed by atoms with van der Waals surface area (Å²) in [6, 6.07) is 10.8. The molecule has 0 fully saturated rings. The Morgan fingerprint density at radius 2 is 1.75 bits per heavy atom. The van der Waals surface area contributed by atoms with E-state index in [1.54, 1.807) is 4.43 Å². The average Bonchev–Trinajstić information content (AvgIpc) is 2.03. The van der Waals surface area contributed by atoms with Gasteiger partial charge < -0.3 is 12.4 Å². The van der Waals surface area contributed by atoms with Crippen LogP contribution in [0.4, 0.5) is 0 Å². The van der Waals surface area contributed by atoms with E-state index in [9.17, 15) is 0 Å². The summed E-state index contributed by atoms with van der Waals surface area (Å²) in [7, 11) is 0. The fraction of sp³-hybridized carbons (Fsp3) is 0.400. The molecule has 0 atom stereocenters. The summed E-state index contributed by atoms with van der Waals surface area (Å²) in [6.07, 6.45) is 0. The van der Waals surface area contributed by atoms with Crippen LogP contribution in [0.1, 0.15) is 13.8 Å². The second-order valence-corrected chi connectivity index (χ2v) is 4.79. The molecule has 0 nitrogen and oxygen atoms in total.